The molecule has 0 saturated heterocycles. The molecule has 2 aromatic rings. The maximum absolute atomic E-state index is 12.6. The van der Waals surface area contributed by atoms with Gasteiger partial charge in [0, 0.05) is 4.47 Å². The molecular formula is C19H20BrClN2O2S. The summed E-state index contributed by atoms with van der Waals surface area (Å²) in [6, 6.07) is 12.5. The maximum Gasteiger partial charge on any atom is 0.261 e. The highest BCUT2D eigenvalue weighted by Crippen LogP contribution is 2.24. The molecule has 0 atom stereocenters. The van der Waals surface area contributed by atoms with Gasteiger partial charge in [0.2, 0.25) is 0 Å². The summed E-state index contributed by atoms with van der Waals surface area (Å²) in [7, 11) is 0. The highest BCUT2D eigenvalue weighted by Gasteiger charge is 2.15. The molecule has 0 aliphatic heterocycles. The molecule has 26 heavy (non-hydrogen) atoms. The Morgan fingerprint density at radius 1 is 1.27 bits per heavy atom. The van der Waals surface area contributed by atoms with Gasteiger partial charge in [-0.2, -0.15) is 0 Å². The van der Waals surface area contributed by atoms with Crippen molar-refractivity contribution in [3.05, 3.63) is 57.5 Å². The van der Waals surface area contributed by atoms with Crippen LogP contribution in [0.4, 0.5) is 5.69 Å². The van der Waals surface area contributed by atoms with Crippen LogP contribution in [0.1, 0.15) is 30.6 Å². The average Bonchev–Trinajstić information content (AvgIpc) is 2.57. The van der Waals surface area contributed by atoms with Crippen LogP contribution in [0, 0.1) is 5.92 Å². The summed E-state index contributed by atoms with van der Waals surface area (Å²) in [6.07, 6.45) is 0.906. The van der Waals surface area contributed by atoms with E-state index in [1.807, 2.05) is 18.2 Å². The number of para-hydroxylation sites is 1. The molecule has 1 amide bonds. The van der Waals surface area contributed by atoms with Gasteiger partial charge in [-0.3, -0.25) is 10.1 Å². The number of amides is 1. The predicted molar refractivity (Wildman–Crippen MR) is 114 cm³/mol. The lowest BCUT2D eigenvalue weighted by atomic mass is 10.1. The van der Waals surface area contributed by atoms with E-state index in [-0.39, 0.29) is 11.0 Å². The Bertz CT molecular complexity index is 799. The van der Waals surface area contributed by atoms with Gasteiger partial charge in [-0.15, -0.1) is 0 Å². The standard InChI is InChI=1S/C19H20BrClN2O2S/c1-12(2)9-10-25-17-8-7-13(20)11-14(17)18(24)23-19(26)22-16-6-4-3-5-15(16)21/h3-8,11-12H,9-10H2,1-2H3,(H2,22,23,24,26). The summed E-state index contributed by atoms with van der Waals surface area (Å²) in [5.74, 6) is 0.692. The molecule has 7 heteroatoms. The second kappa shape index (κ2) is 9.90. The Labute approximate surface area is 172 Å². The van der Waals surface area contributed by atoms with Crippen LogP contribution < -0.4 is 15.4 Å². The van der Waals surface area contributed by atoms with Gasteiger partial charge in [-0.05, 0) is 54.9 Å². The fourth-order valence-corrected chi connectivity index (χ4v) is 2.84. The van der Waals surface area contributed by atoms with E-state index in [2.05, 4.69) is 40.4 Å². The van der Waals surface area contributed by atoms with Crippen LogP contribution in [0.3, 0.4) is 0 Å². The number of anilines is 1. The topological polar surface area (TPSA) is 50.4 Å². The smallest absolute Gasteiger partial charge is 0.261 e. The van der Waals surface area contributed by atoms with Crippen LogP contribution >= 0.6 is 39.7 Å². The number of rotatable bonds is 6. The largest absolute Gasteiger partial charge is 0.493 e. The third kappa shape index (κ3) is 6.27. The van der Waals surface area contributed by atoms with Crippen molar-refractivity contribution in [1.29, 1.82) is 0 Å². The number of benzene rings is 2. The summed E-state index contributed by atoms with van der Waals surface area (Å²) in [6.45, 7) is 4.79. The summed E-state index contributed by atoms with van der Waals surface area (Å²) < 4.78 is 6.56. The van der Waals surface area contributed by atoms with E-state index in [0.29, 0.717) is 34.5 Å². The number of nitrogens with one attached hydrogen (secondary N) is 2. The zero-order chi connectivity index (χ0) is 19.1. The van der Waals surface area contributed by atoms with E-state index in [9.17, 15) is 4.79 Å². The zero-order valence-electron chi connectivity index (χ0n) is 14.5. The SMILES string of the molecule is CC(C)CCOc1ccc(Br)cc1C(=O)NC(=S)Nc1ccccc1Cl. The first-order chi connectivity index (χ1) is 12.4. The number of hydrogen-bond donors (Lipinski definition) is 2. The lowest BCUT2D eigenvalue weighted by Crippen LogP contribution is -2.34. The zero-order valence-corrected chi connectivity index (χ0v) is 17.7. The molecule has 2 aromatic carbocycles. The Balaban J connectivity index is 2.07. The average molecular weight is 456 g/mol. The second-order valence-corrected chi connectivity index (χ2v) is 7.79. The van der Waals surface area contributed by atoms with E-state index in [1.54, 1.807) is 24.3 Å². The van der Waals surface area contributed by atoms with Gasteiger partial charge in [-0.25, -0.2) is 0 Å². The number of carbonyl (C=O) groups is 1. The number of hydrogen-bond acceptors (Lipinski definition) is 3. The van der Waals surface area contributed by atoms with Crippen molar-refractivity contribution >= 4 is 56.5 Å². The van der Waals surface area contributed by atoms with Crippen LogP contribution in [0.25, 0.3) is 0 Å². The number of ether oxygens (including phenoxy) is 1. The third-order valence-corrected chi connectivity index (χ3v) is 4.52. The van der Waals surface area contributed by atoms with Gasteiger partial charge >= 0.3 is 0 Å². The van der Waals surface area contributed by atoms with Crippen molar-refractivity contribution in [2.45, 2.75) is 20.3 Å². The molecule has 0 radical (unpaired) electrons. The summed E-state index contributed by atoms with van der Waals surface area (Å²) in [5, 5.41) is 6.26. The first-order valence-electron chi connectivity index (χ1n) is 8.16. The molecule has 2 N–H and O–H groups in total. The molecule has 0 fully saturated rings. The second-order valence-electron chi connectivity index (χ2n) is 6.06. The van der Waals surface area contributed by atoms with Crippen molar-refractivity contribution in [2.24, 2.45) is 5.92 Å². The lowest BCUT2D eigenvalue weighted by molar-refractivity contribution is 0.0973. The molecule has 0 bridgehead atoms. The summed E-state index contributed by atoms with van der Waals surface area (Å²) >= 11 is 14.7. The van der Waals surface area contributed by atoms with Crippen molar-refractivity contribution in [1.82, 2.24) is 5.32 Å². The normalized spacial score (nSPS) is 10.5. The Morgan fingerprint density at radius 3 is 2.69 bits per heavy atom. The molecule has 2 rings (SSSR count). The fourth-order valence-electron chi connectivity index (χ4n) is 2.10. The number of carbonyl (C=O) groups excluding carboxylic acids is 1. The minimum absolute atomic E-state index is 0.163. The molecule has 0 heterocycles. The van der Waals surface area contributed by atoms with Gasteiger partial charge < -0.3 is 10.1 Å². The fraction of sp³-hybridized carbons (Fsp3) is 0.263. The van der Waals surface area contributed by atoms with Gasteiger partial charge in [0.1, 0.15) is 5.75 Å². The Morgan fingerprint density at radius 2 is 2.00 bits per heavy atom. The van der Waals surface area contributed by atoms with Crippen LogP contribution in [-0.2, 0) is 0 Å². The van der Waals surface area contributed by atoms with Crippen LogP contribution in [0.5, 0.6) is 5.75 Å². The number of halogens is 2. The Kier molecular flexibility index (Phi) is 7.87. The highest BCUT2D eigenvalue weighted by atomic mass is 79.9. The van der Waals surface area contributed by atoms with E-state index in [1.165, 1.54) is 0 Å². The molecule has 138 valence electrons. The maximum atomic E-state index is 12.6. The molecule has 0 aliphatic rings. The van der Waals surface area contributed by atoms with E-state index >= 15 is 0 Å². The summed E-state index contributed by atoms with van der Waals surface area (Å²) in [4.78, 5) is 12.6. The van der Waals surface area contributed by atoms with E-state index in [4.69, 9.17) is 28.6 Å². The first kappa shape index (κ1) is 20.7. The molecular weight excluding hydrogens is 436 g/mol. The summed E-state index contributed by atoms with van der Waals surface area (Å²) in [5.41, 5.74) is 1.04. The molecule has 0 aromatic heterocycles. The van der Waals surface area contributed by atoms with E-state index < -0.39 is 0 Å². The predicted octanol–water partition coefficient (Wildman–Crippen LogP) is 5.65. The van der Waals surface area contributed by atoms with Crippen molar-refractivity contribution in [3.8, 4) is 5.75 Å². The minimum atomic E-state index is -0.351. The molecule has 4 nitrogen and oxygen atoms in total. The van der Waals surface area contributed by atoms with Crippen LogP contribution in [0.15, 0.2) is 46.9 Å². The number of thiocarbonyl (C=S) groups is 1. The molecule has 0 saturated carbocycles. The molecule has 0 unspecified atom stereocenters. The van der Waals surface area contributed by atoms with Gasteiger partial charge in [-0.1, -0.05) is 53.5 Å². The van der Waals surface area contributed by atoms with Gasteiger partial charge in [0.15, 0.2) is 5.11 Å². The molecule has 0 aliphatic carbocycles. The molecule has 0 spiro atoms. The van der Waals surface area contributed by atoms with E-state index in [0.717, 1.165) is 10.9 Å². The lowest BCUT2D eigenvalue weighted by Gasteiger charge is -2.14. The van der Waals surface area contributed by atoms with Crippen LogP contribution in [-0.4, -0.2) is 17.6 Å². The van der Waals surface area contributed by atoms with Crippen LogP contribution in [0.2, 0.25) is 5.02 Å². The van der Waals surface area contributed by atoms with Crippen molar-refractivity contribution in [3.63, 3.8) is 0 Å². The quantitative estimate of drug-likeness (QED) is 0.552. The van der Waals surface area contributed by atoms with Crippen molar-refractivity contribution < 1.29 is 9.53 Å². The Hall–Kier alpha value is -1.63. The van der Waals surface area contributed by atoms with Gasteiger partial charge in [0.25, 0.3) is 5.91 Å². The van der Waals surface area contributed by atoms with Gasteiger partial charge in [0.05, 0.1) is 22.9 Å². The van der Waals surface area contributed by atoms with Crippen molar-refractivity contribution in [2.75, 3.05) is 11.9 Å². The first-order valence-corrected chi connectivity index (χ1v) is 9.74. The highest BCUT2D eigenvalue weighted by molar-refractivity contribution is 9.10. The third-order valence-electron chi connectivity index (χ3n) is 3.49. The minimum Gasteiger partial charge on any atom is -0.493 e. The monoisotopic (exact) mass is 454 g/mol.